The second-order valence-corrected chi connectivity index (χ2v) is 4.28. The first-order valence-electron chi connectivity index (χ1n) is 5.80. The number of rotatable bonds is 2. The van der Waals surface area contributed by atoms with E-state index in [4.69, 9.17) is 0 Å². The van der Waals surface area contributed by atoms with Gasteiger partial charge in [-0.05, 0) is 23.8 Å². The second-order valence-electron chi connectivity index (χ2n) is 4.28. The largest absolute Gasteiger partial charge is 0.329 e. The van der Waals surface area contributed by atoms with Crippen molar-refractivity contribution in [1.82, 2.24) is 14.1 Å². The SMILES string of the molecule is Cn1c(=O)n(Cc2cccnc2)c2ccccc21. The van der Waals surface area contributed by atoms with Crippen LogP contribution in [0.1, 0.15) is 5.56 Å². The molecule has 3 rings (SSSR count). The van der Waals surface area contributed by atoms with Crippen LogP contribution in [0, 0.1) is 0 Å². The number of aryl methyl sites for hydroxylation is 1. The smallest absolute Gasteiger partial charge is 0.295 e. The maximum absolute atomic E-state index is 12.2. The minimum absolute atomic E-state index is 0.0000491. The zero-order valence-electron chi connectivity index (χ0n) is 10.1. The molecule has 4 nitrogen and oxygen atoms in total. The summed E-state index contributed by atoms with van der Waals surface area (Å²) >= 11 is 0. The fourth-order valence-electron chi connectivity index (χ4n) is 2.19. The van der Waals surface area contributed by atoms with Crippen molar-refractivity contribution in [2.75, 3.05) is 0 Å². The topological polar surface area (TPSA) is 39.8 Å². The summed E-state index contributed by atoms with van der Waals surface area (Å²) in [4.78, 5) is 16.3. The fraction of sp³-hybridized carbons (Fsp3) is 0.143. The van der Waals surface area contributed by atoms with Gasteiger partial charge in [-0.2, -0.15) is 0 Å². The highest BCUT2D eigenvalue weighted by molar-refractivity contribution is 5.75. The molecule has 0 aliphatic carbocycles. The molecule has 2 aromatic heterocycles. The molecule has 0 fully saturated rings. The van der Waals surface area contributed by atoms with Gasteiger partial charge in [0.1, 0.15) is 0 Å². The van der Waals surface area contributed by atoms with Gasteiger partial charge in [0, 0.05) is 19.4 Å². The molecule has 0 aliphatic heterocycles. The highest BCUT2D eigenvalue weighted by atomic mass is 16.1. The summed E-state index contributed by atoms with van der Waals surface area (Å²) in [5.41, 5.74) is 2.93. The number of hydrogen-bond donors (Lipinski definition) is 0. The van der Waals surface area contributed by atoms with E-state index in [-0.39, 0.29) is 5.69 Å². The van der Waals surface area contributed by atoms with Crippen molar-refractivity contribution in [3.8, 4) is 0 Å². The first-order valence-corrected chi connectivity index (χ1v) is 5.80. The standard InChI is InChI=1S/C14H13N3O/c1-16-12-6-2-3-7-13(12)17(14(16)18)10-11-5-4-8-15-9-11/h2-9H,10H2,1H3. The first kappa shape index (κ1) is 10.8. The van der Waals surface area contributed by atoms with E-state index < -0.39 is 0 Å². The normalized spacial score (nSPS) is 10.9. The van der Waals surface area contributed by atoms with Crippen LogP contribution < -0.4 is 5.69 Å². The van der Waals surface area contributed by atoms with Crippen LogP contribution >= 0.6 is 0 Å². The average Bonchev–Trinajstić information content (AvgIpc) is 2.66. The lowest BCUT2D eigenvalue weighted by molar-refractivity contribution is 0.734. The summed E-state index contributed by atoms with van der Waals surface area (Å²) in [5.74, 6) is 0. The van der Waals surface area contributed by atoms with Crippen molar-refractivity contribution in [2.45, 2.75) is 6.54 Å². The number of hydrogen-bond acceptors (Lipinski definition) is 2. The van der Waals surface area contributed by atoms with E-state index in [2.05, 4.69) is 4.98 Å². The lowest BCUT2D eigenvalue weighted by atomic mass is 10.2. The van der Waals surface area contributed by atoms with Crippen LogP contribution in [0.2, 0.25) is 0 Å². The summed E-state index contributed by atoms with van der Waals surface area (Å²) in [6.07, 6.45) is 3.52. The minimum Gasteiger partial charge on any atom is -0.295 e. The van der Waals surface area contributed by atoms with Crippen molar-refractivity contribution in [1.29, 1.82) is 0 Å². The van der Waals surface area contributed by atoms with Gasteiger partial charge in [-0.15, -0.1) is 0 Å². The van der Waals surface area contributed by atoms with Crippen LogP contribution in [0.5, 0.6) is 0 Å². The van der Waals surface area contributed by atoms with Gasteiger partial charge in [0.25, 0.3) is 0 Å². The Morgan fingerprint density at radius 3 is 2.61 bits per heavy atom. The Hall–Kier alpha value is -2.36. The van der Waals surface area contributed by atoms with Gasteiger partial charge in [0.2, 0.25) is 0 Å². The van der Waals surface area contributed by atoms with Crippen molar-refractivity contribution in [3.63, 3.8) is 0 Å². The molecule has 0 bridgehead atoms. The van der Waals surface area contributed by atoms with Gasteiger partial charge in [-0.1, -0.05) is 18.2 Å². The molecule has 18 heavy (non-hydrogen) atoms. The lowest BCUT2D eigenvalue weighted by Crippen LogP contribution is -2.22. The molecule has 0 saturated carbocycles. The number of aromatic nitrogens is 3. The Kier molecular flexibility index (Phi) is 2.48. The summed E-state index contributed by atoms with van der Waals surface area (Å²) in [6, 6.07) is 11.7. The first-order chi connectivity index (χ1) is 8.77. The van der Waals surface area contributed by atoms with Gasteiger partial charge in [0.15, 0.2) is 0 Å². The summed E-state index contributed by atoms with van der Waals surface area (Å²) < 4.78 is 3.44. The van der Waals surface area contributed by atoms with Crippen LogP contribution in [0.25, 0.3) is 11.0 Å². The Bertz CT molecular complexity index is 741. The van der Waals surface area contributed by atoms with Crippen LogP contribution in [0.3, 0.4) is 0 Å². The third kappa shape index (κ3) is 1.62. The van der Waals surface area contributed by atoms with Crippen LogP contribution in [-0.2, 0) is 13.6 Å². The van der Waals surface area contributed by atoms with Crippen LogP contribution in [0.4, 0.5) is 0 Å². The molecule has 4 heteroatoms. The molecule has 2 heterocycles. The second kappa shape index (κ2) is 4.14. The van der Waals surface area contributed by atoms with Crippen molar-refractivity contribution < 1.29 is 0 Å². The van der Waals surface area contributed by atoms with E-state index in [1.165, 1.54) is 0 Å². The van der Waals surface area contributed by atoms with Crippen molar-refractivity contribution >= 4 is 11.0 Å². The summed E-state index contributed by atoms with van der Waals surface area (Å²) in [7, 11) is 1.80. The number of imidazole rings is 1. The molecule has 0 amide bonds. The monoisotopic (exact) mass is 239 g/mol. The molecule has 0 atom stereocenters. The summed E-state index contributed by atoms with van der Waals surface area (Å²) in [5, 5.41) is 0. The number of fused-ring (bicyclic) bond motifs is 1. The molecule has 90 valence electrons. The molecular weight excluding hydrogens is 226 g/mol. The van der Waals surface area contributed by atoms with Crippen LogP contribution in [0.15, 0.2) is 53.6 Å². The summed E-state index contributed by atoms with van der Waals surface area (Å²) in [6.45, 7) is 0.550. The van der Waals surface area contributed by atoms with E-state index in [1.54, 1.807) is 28.6 Å². The highest BCUT2D eigenvalue weighted by Crippen LogP contribution is 2.12. The van der Waals surface area contributed by atoms with Crippen molar-refractivity contribution in [2.24, 2.45) is 7.05 Å². The predicted molar refractivity (Wildman–Crippen MR) is 70.5 cm³/mol. The molecule has 0 N–H and O–H groups in total. The van der Waals surface area contributed by atoms with E-state index in [1.807, 2.05) is 36.4 Å². The van der Waals surface area contributed by atoms with E-state index in [0.29, 0.717) is 6.54 Å². The third-order valence-electron chi connectivity index (χ3n) is 3.12. The number of para-hydroxylation sites is 2. The van der Waals surface area contributed by atoms with Gasteiger partial charge >= 0.3 is 5.69 Å². The molecule has 0 spiro atoms. The molecule has 0 aliphatic rings. The predicted octanol–water partition coefficient (Wildman–Crippen LogP) is 1.78. The van der Waals surface area contributed by atoms with Crippen LogP contribution in [-0.4, -0.2) is 14.1 Å². The Balaban J connectivity index is 2.18. The minimum atomic E-state index is 0.0000491. The molecular formula is C14H13N3O. The molecule has 0 saturated heterocycles. The van der Waals surface area contributed by atoms with E-state index in [0.717, 1.165) is 16.6 Å². The third-order valence-corrected chi connectivity index (χ3v) is 3.12. The van der Waals surface area contributed by atoms with E-state index in [9.17, 15) is 4.79 Å². The number of nitrogens with zero attached hydrogens (tertiary/aromatic N) is 3. The zero-order valence-corrected chi connectivity index (χ0v) is 10.1. The van der Waals surface area contributed by atoms with Gasteiger partial charge < -0.3 is 0 Å². The average molecular weight is 239 g/mol. The maximum Gasteiger partial charge on any atom is 0.329 e. The lowest BCUT2D eigenvalue weighted by Gasteiger charge is -2.02. The van der Waals surface area contributed by atoms with Crippen molar-refractivity contribution in [3.05, 3.63) is 64.8 Å². The quantitative estimate of drug-likeness (QED) is 0.684. The Labute approximate surface area is 104 Å². The number of benzene rings is 1. The molecule has 1 aromatic carbocycles. The van der Waals surface area contributed by atoms with Gasteiger partial charge in [0.05, 0.1) is 17.6 Å². The molecule has 3 aromatic rings. The Morgan fingerprint density at radius 2 is 1.89 bits per heavy atom. The zero-order chi connectivity index (χ0) is 12.5. The van der Waals surface area contributed by atoms with Gasteiger partial charge in [-0.3, -0.25) is 14.1 Å². The van der Waals surface area contributed by atoms with E-state index >= 15 is 0 Å². The van der Waals surface area contributed by atoms with Gasteiger partial charge in [-0.25, -0.2) is 4.79 Å². The fourth-order valence-corrected chi connectivity index (χ4v) is 2.19. The highest BCUT2D eigenvalue weighted by Gasteiger charge is 2.09. The molecule has 0 radical (unpaired) electrons. The maximum atomic E-state index is 12.2. The molecule has 0 unspecified atom stereocenters. The Morgan fingerprint density at radius 1 is 1.11 bits per heavy atom. The number of pyridine rings is 1.